The Bertz CT molecular complexity index is 187. The highest BCUT2D eigenvalue weighted by molar-refractivity contribution is 8.00. The van der Waals surface area contributed by atoms with Gasteiger partial charge in [-0.25, -0.2) is 0 Å². The topological polar surface area (TPSA) is 37.3 Å². The predicted octanol–water partition coefficient (Wildman–Crippen LogP) is 2.80. The maximum atomic E-state index is 10.8. The zero-order chi connectivity index (χ0) is 10.4. The zero-order valence-electron chi connectivity index (χ0n) is 8.54. The normalized spacial score (nSPS) is 12.9. The summed E-state index contributed by atoms with van der Waals surface area (Å²) in [7, 11) is 0. The Balaban J connectivity index is 3.97. The van der Waals surface area contributed by atoms with Gasteiger partial charge < -0.3 is 5.11 Å². The Morgan fingerprint density at radius 2 is 2.08 bits per heavy atom. The standard InChI is InChI=1S/C10H18O2S/c1-5-8(4)6-13-9(7(2)3)10(11)12/h7,9H,4-6H2,1-3H3,(H,11,12). The molecule has 0 spiro atoms. The van der Waals surface area contributed by atoms with Crippen LogP contribution in [-0.4, -0.2) is 22.1 Å². The lowest BCUT2D eigenvalue weighted by Crippen LogP contribution is -2.23. The van der Waals surface area contributed by atoms with Gasteiger partial charge in [0.1, 0.15) is 5.25 Å². The molecule has 0 aromatic rings. The molecule has 0 aliphatic rings. The fourth-order valence-electron chi connectivity index (χ4n) is 0.859. The zero-order valence-corrected chi connectivity index (χ0v) is 9.36. The van der Waals surface area contributed by atoms with Crippen molar-refractivity contribution in [3.8, 4) is 0 Å². The number of hydrogen-bond donors (Lipinski definition) is 1. The van der Waals surface area contributed by atoms with Crippen molar-refractivity contribution in [3.05, 3.63) is 12.2 Å². The van der Waals surface area contributed by atoms with E-state index >= 15 is 0 Å². The minimum atomic E-state index is -0.719. The summed E-state index contributed by atoms with van der Waals surface area (Å²) in [6.07, 6.45) is 0.928. The van der Waals surface area contributed by atoms with Gasteiger partial charge in [-0.3, -0.25) is 4.79 Å². The van der Waals surface area contributed by atoms with E-state index in [0.717, 1.165) is 17.7 Å². The van der Waals surface area contributed by atoms with E-state index in [1.54, 1.807) is 0 Å². The number of carbonyl (C=O) groups is 1. The summed E-state index contributed by atoms with van der Waals surface area (Å²) in [6, 6.07) is 0. The molecule has 0 aromatic heterocycles. The average molecular weight is 202 g/mol. The summed E-state index contributed by atoms with van der Waals surface area (Å²) in [4.78, 5) is 10.8. The average Bonchev–Trinajstić information content (AvgIpc) is 2.03. The van der Waals surface area contributed by atoms with Gasteiger partial charge >= 0.3 is 5.97 Å². The number of aliphatic carboxylic acids is 1. The van der Waals surface area contributed by atoms with Crippen LogP contribution in [0.25, 0.3) is 0 Å². The second-order valence-corrected chi connectivity index (χ2v) is 4.55. The summed E-state index contributed by atoms with van der Waals surface area (Å²) in [5.74, 6) is 0.210. The third-order valence-corrected chi connectivity index (χ3v) is 3.50. The lowest BCUT2D eigenvalue weighted by molar-refractivity contribution is -0.137. The van der Waals surface area contributed by atoms with Crippen LogP contribution in [0.2, 0.25) is 0 Å². The molecule has 2 nitrogen and oxygen atoms in total. The van der Waals surface area contributed by atoms with Crippen LogP contribution >= 0.6 is 11.8 Å². The Labute approximate surface area is 84.4 Å². The molecule has 76 valence electrons. The van der Waals surface area contributed by atoms with Crippen molar-refractivity contribution in [2.24, 2.45) is 5.92 Å². The van der Waals surface area contributed by atoms with Crippen LogP contribution < -0.4 is 0 Å². The summed E-state index contributed by atoms with van der Waals surface area (Å²) >= 11 is 1.47. The molecule has 1 N–H and O–H groups in total. The Kier molecular flexibility index (Phi) is 5.88. The summed E-state index contributed by atoms with van der Waals surface area (Å²) in [5, 5.41) is 8.58. The number of carboxylic acids is 1. The summed E-state index contributed by atoms with van der Waals surface area (Å²) in [6.45, 7) is 9.75. The first-order valence-electron chi connectivity index (χ1n) is 4.50. The van der Waals surface area contributed by atoms with Crippen molar-refractivity contribution >= 4 is 17.7 Å². The first-order valence-corrected chi connectivity index (χ1v) is 5.55. The molecule has 0 heterocycles. The molecule has 1 unspecified atom stereocenters. The maximum absolute atomic E-state index is 10.8. The number of carboxylic acid groups (broad SMARTS) is 1. The molecule has 0 radical (unpaired) electrons. The third-order valence-electron chi connectivity index (χ3n) is 1.82. The van der Waals surface area contributed by atoms with E-state index in [2.05, 4.69) is 6.58 Å². The van der Waals surface area contributed by atoms with E-state index in [4.69, 9.17) is 5.11 Å². The molecule has 1 atom stereocenters. The Hall–Kier alpha value is -0.440. The van der Waals surface area contributed by atoms with Gasteiger partial charge in [0.25, 0.3) is 0 Å². The molecule has 3 heteroatoms. The molecule has 0 amide bonds. The fourth-order valence-corrected chi connectivity index (χ4v) is 2.01. The van der Waals surface area contributed by atoms with E-state index in [0.29, 0.717) is 0 Å². The summed E-state index contributed by atoms with van der Waals surface area (Å²) in [5.41, 5.74) is 1.11. The number of thioether (sulfide) groups is 1. The van der Waals surface area contributed by atoms with Gasteiger partial charge in [-0.15, -0.1) is 11.8 Å². The van der Waals surface area contributed by atoms with E-state index in [1.165, 1.54) is 11.8 Å². The second-order valence-electron chi connectivity index (χ2n) is 3.42. The van der Waals surface area contributed by atoms with Crippen LogP contribution in [0.3, 0.4) is 0 Å². The number of hydrogen-bond acceptors (Lipinski definition) is 2. The highest BCUT2D eigenvalue weighted by Gasteiger charge is 2.21. The van der Waals surface area contributed by atoms with E-state index in [9.17, 15) is 4.79 Å². The molecular weight excluding hydrogens is 184 g/mol. The largest absolute Gasteiger partial charge is 0.480 e. The van der Waals surface area contributed by atoms with Crippen molar-refractivity contribution in [2.75, 3.05) is 5.75 Å². The van der Waals surface area contributed by atoms with Crippen molar-refractivity contribution < 1.29 is 9.90 Å². The molecule has 0 bridgehead atoms. The van der Waals surface area contributed by atoms with E-state index in [-0.39, 0.29) is 11.2 Å². The van der Waals surface area contributed by atoms with E-state index < -0.39 is 5.97 Å². The van der Waals surface area contributed by atoms with Crippen LogP contribution in [0.5, 0.6) is 0 Å². The van der Waals surface area contributed by atoms with Crippen LogP contribution in [0.1, 0.15) is 27.2 Å². The highest BCUT2D eigenvalue weighted by atomic mass is 32.2. The highest BCUT2D eigenvalue weighted by Crippen LogP contribution is 2.22. The van der Waals surface area contributed by atoms with Crippen molar-refractivity contribution in [1.82, 2.24) is 0 Å². The van der Waals surface area contributed by atoms with Gasteiger partial charge in [0, 0.05) is 5.75 Å². The molecule has 0 saturated heterocycles. The molecule has 0 aliphatic carbocycles. The third kappa shape index (κ3) is 4.98. The predicted molar refractivity (Wildman–Crippen MR) is 58.2 cm³/mol. The van der Waals surface area contributed by atoms with Gasteiger partial charge in [-0.1, -0.05) is 32.9 Å². The van der Waals surface area contributed by atoms with Crippen LogP contribution in [0.15, 0.2) is 12.2 Å². The smallest absolute Gasteiger partial charge is 0.316 e. The van der Waals surface area contributed by atoms with Crippen LogP contribution in [-0.2, 0) is 4.79 Å². The van der Waals surface area contributed by atoms with Gasteiger partial charge in [0.15, 0.2) is 0 Å². The van der Waals surface area contributed by atoms with Gasteiger partial charge in [-0.2, -0.15) is 0 Å². The minimum Gasteiger partial charge on any atom is -0.480 e. The van der Waals surface area contributed by atoms with Crippen molar-refractivity contribution in [2.45, 2.75) is 32.4 Å². The summed E-state index contributed by atoms with van der Waals surface area (Å²) < 4.78 is 0. The Morgan fingerprint density at radius 1 is 1.54 bits per heavy atom. The Morgan fingerprint density at radius 3 is 2.38 bits per heavy atom. The molecule has 13 heavy (non-hydrogen) atoms. The molecule has 0 fully saturated rings. The molecule has 0 aliphatic heterocycles. The van der Waals surface area contributed by atoms with E-state index in [1.807, 2.05) is 20.8 Å². The first-order chi connectivity index (χ1) is 5.99. The molecule has 0 rings (SSSR count). The molecule has 0 aromatic carbocycles. The quantitative estimate of drug-likeness (QED) is 0.673. The van der Waals surface area contributed by atoms with Gasteiger partial charge in [-0.05, 0) is 12.3 Å². The maximum Gasteiger partial charge on any atom is 0.316 e. The van der Waals surface area contributed by atoms with Gasteiger partial charge in [0.05, 0.1) is 0 Å². The van der Waals surface area contributed by atoms with Crippen LogP contribution in [0, 0.1) is 5.92 Å². The number of rotatable bonds is 6. The van der Waals surface area contributed by atoms with Crippen molar-refractivity contribution in [1.29, 1.82) is 0 Å². The van der Waals surface area contributed by atoms with Crippen LogP contribution in [0.4, 0.5) is 0 Å². The SMILES string of the molecule is C=C(CC)CSC(C(=O)O)C(C)C. The monoisotopic (exact) mass is 202 g/mol. The second kappa shape index (κ2) is 6.08. The minimum absolute atomic E-state index is 0.173. The molecular formula is C10H18O2S. The molecule has 0 saturated carbocycles. The fraction of sp³-hybridized carbons (Fsp3) is 0.700. The van der Waals surface area contributed by atoms with Crippen molar-refractivity contribution in [3.63, 3.8) is 0 Å². The first kappa shape index (κ1) is 12.6. The van der Waals surface area contributed by atoms with Gasteiger partial charge in [0.2, 0.25) is 0 Å². The lowest BCUT2D eigenvalue weighted by atomic mass is 10.1. The lowest BCUT2D eigenvalue weighted by Gasteiger charge is -2.15.